The third-order valence-electron chi connectivity index (χ3n) is 3.63. The Balaban J connectivity index is 2.06. The summed E-state index contributed by atoms with van der Waals surface area (Å²) in [5, 5.41) is 7.26. The molecule has 2 aromatic rings. The number of rotatable bonds is 1. The maximum absolute atomic E-state index is 12.9. The van der Waals surface area contributed by atoms with Gasteiger partial charge in [0.05, 0.1) is 11.8 Å². The van der Waals surface area contributed by atoms with Crippen molar-refractivity contribution in [2.24, 2.45) is 7.05 Å². The van der Waals surface area contributed by atoms with E-state index in [9.17, 15) is 13.2 Å². The van der Waals surface area contributed by atoms with E-state index in [2.05, 4.69) is 10.4 Å². The van der Waals surface area contributed by atoms with Gasteiger partial charge in [0, 0.05) is 31.4 Å². The molecule has 0 radical (unpaired) electrons. The van der Waals surface area contributed by atoms with Gasteiger partial charge in [-0.1, -0.05) is 0 Å². The monoisotopic (exact) mass is 281 g/mol. The van der Waals surface area contributed by atoms with Crippen molar-refractivity contribution in [1.29, 1.82) is 0 Å². The van der Waals surface area contributed by atoms with Crippen molar-refractivity contribution in [1.82, 2.24) is 9.78 Å². The van der Waals surface area contributed by atoms with E-state index in [1.165, 1.54) is 12.1 Å². The average Bonchev–Trinajstić information content (AvgIpc) is 2.83. The number of nitrogens with zero attached hydrogens (tertiary/aromatic N) is 2. The van der Waals surface area contributed by atoms with E-state index in [1.54, 1.807) is 17.9 Å². The van der Waals surface area contributed by atoms with Crippen LogP contribution in [0.2, 0.25) is 0 Å². The highest BCUT2D eigenvalue weighted by Gasteiger charge is 2.33. The Morgan fingerprint density at radius 3 is 2.80 bits per heavy atom. The highest BCUT2D eigenvalue weighted by molar-refractivity contribution is 5.58. The number of halogens is 3. The molecular formula is C14H14F3N3. The fraction of sp³-hybridized carbons (Fsp3) is 0.357. The van der Waals surface area contributed by atoms with Gasteiger partial charge in [-0.2, -0.15) is 18.3 Å². The van der Waals surface area contributed by atoms with E-state index in [0.29, 0.717) is 5.56 Å². The lowest BCUT2D eigenvalue weighted by atomic mass is 9.86. The second kappa shape index (κ2) is 4.54. The first-order chi connectivity index (χ1) is 9.45. The van der Waals surface area contributed by atoms with Crippen LogP contribution in [0.15, 0.2) is 30.6 Å². The number of alkyl halides is 3. The predicted octanol–water partition coefficient (Wildman–Crippen LogP) is 3.39. The number of aromatic nitrogens is 2. The van der Waals surface area contributed by atoms with E-state index in [1.807, 2.05) is 6.20 Å². The van der Waals surface area contributed by atoms with Crippen molar-refractivity contribution < 1.29 is 13.2 Å². The molecule has 1 N–H and O–H groups in total. The third-order valence-corrected chi connectivity index (χ3v) is 3.63. The molecule has 2 heterocycles. The number of hydrogen-bond donors (Lipinski definition) is 1. The lowest BCUT2D eigenvalue weighted by Gasteiger charge is -2.27. The van der Waals surface area contributed by atoms with Gasteiger partial charge in [0.15, 0.2) is 0 Å². The van der Waals surface area contributed by atoms with Gasteiger partial charge in [-0.05, 0) is 35.7 Å². The van der Waals surface area contributed by atoms with E-state index >= 15 is 0 Å². The average molecular weight is 281 g/mol. The molecule has 3 rings (SSSR count). The highest BCUT2D eigenvalue weighted by Crippen LogP contribution is 2.40. The van der Waals surface area contributed by atoms with Gasteiger partial charge < -0.3 is 5.32 Å². The van der Waals surface area contributed by atoms with Crippen LogP contribution in [0.3, 0.4) is 0 Å². The molecule has 0 spiro atoms. The minimum atomic E-state index is -4.31. The summed E-state index contributed by atoms with van der Waals surface area (Å²) in [6.45, 7) is 0.748. The molecule has 1 atom stereocenters. The molecule has 0 saturated heterocycles. The summed E-state index contributed by atoms with van der Waals surface area (Å²) >= 11 is 0. The minimum absolute atomic E-state index is 0.0396. The number of aryl methyl sites for hydroxylation is 1. The molecule has 0 aliphatic carbocycles. The van der Waals surface area contributed by atoms with Gasteiger partial charge in [0.2, 0.25) is 0 Å². The van der Waals surface area contributed by atoms with Crippen LogP contribution in [0.1, 0.15) is 29.0 Å². The fourth-order valence-electron chi connectivity index (χ4n) is 2.66. The van der Waals surface area contributed by atoms with Gasteiger partial charge in [0.1, 0.15) is 0 Å². The Morgan fingerprint density at radius 1 is 1.35 bits per heavy atom. The number of anilines is 1. The standard InChI is InChI=1S/C14H14F3N3/c1-20-8-9(7-19-20)11-4-5-18-13-3-2-10(6-12(11)13)14(15,16)17/h2-3,6-8,11,18H,4-5H2,1H3. The van der Waals surface area contributed by atoms with Crippen LogP contribution in [0, 0.1) is 0 Å². The Hall–Kier alpha value is -1.98. The fourth-order valence-corrected chi connectivity index (χ4v) is 2.66. The molecule has 1 unspecified atom stereocenters. The van der Waals surface area contributed by atoms with Crippen molar-refractivity contribution in [2.75, 3.05) is 11.9 Å². The zero-order chi connectivity index (χ0) is 14.3. The van der Waals surface area contributed by atoms with Crippen LogP contribution in [0.25, 0.3) is 0 Å². The van der Waals surface area contributed by atoms with Gasteiger partial charge in [-0.15, -0.1) is 0 Å². The molecule has 6 heteroatoms. The molecule has 20 heavy (non-hydrogen) atoms. The van der Waals surface area contributed by atoms with Crippen molar-refractivity contribution in [3.63, 3.8) is 0 Å². The highest BCUT2D eigenvalue weighted by atomic mass is 19.4. The third kappa shape index (κ3) is 2.26. The molecule has 1 aliphatic rings. The quantitative estimate of drug-likeness (QED) is 0.868. The Morgan fingerprint density at radius 2 is 2.15 bits per heavy atom. The first kappa shape index (κ1) is 13.0. The number of fused-ring (bicyclic) bond motifs is 1. The Kier molecular flexibility index (Phi) is 2.96. The van der Waals surface area contributed by atoms with Crippen molar-refractivity contribution >= 4 is 5.69 Å². The minimum Gasteiger partial charge on any atom is -0.385 e. The van der Waals surface area contributed by atoms with Crippen LogP contribution >= 0.6 is 0 Å². The lowest BCUT2D eigenvalue weighted by Crippen LogP contribution is -2.18. The Labute approximate surface area is 114 Å². The van der Waals surface area contributed by atoms with E-state index in [0.717, 1.165) is 30.3 Å². The van der Waals surface area contributed by atoms with Crippen LogP contribution < -0.4 is 5.32 Å². The van der Waals surface area contributed by atoms with Gasteiger partial charge in [-0.25, -0.2) is 0 Å². The maximum Gasteiger partial charge on any atom is 0.416 e. The second-order valence-electron chi connectivity index (χ2n) is 5.02. The molecule has 1 aliphatic heterocycles. The van der Waals surface area contributed by atoms with Crippen molar-refractivity contribution in [3.05, 3.63) is 47.3 Å². The molecule has 1 aromatic carbocycles. The first-order valence-corrected chi connectivity index (χ1v) is 6.39. The zero-order valence-electron chi connectivity index (χ0n) is 10.9. The molecular weight excluding hydrogens is 267 g/mol. The Bertz CT molecular complexity index is 631. The molecule has 0 bridgehead atoms. The first-order valence-electron chi connectivity index (χ1n) is 6.39. The maximum atomic E-state index is 12.9. The van der Waals surface area contributed by atoms with Gasteiger partial charge >= 0.3 is 6.18 Å². The van der Waals surface area contributed by atoms with Crippen molar-refractivity contribution in [3.8, 4) is 0 Å². The molecule has 0 saturated carbocycles. The predicted molar refractivity (Wildman–Crippen MR) is 69.6 cm³/mol. The number of benzene rings is 1. The smallest absolute Gasteiger partial charge is 0.385 e. The van der Waals surface area contributed by atoms with Crippen molar-refractivity contribution in [2.45, 2.75) is 18.5 Å². The SMILES string of the molecule is Cn1cc(C2CCNc3ccc(C(F)(F)F)cc32)cn1. The largest absolute Gasteiger partial charge is 0.416 e. The normalized spacial score (nSPS) is 18.5. The van der Waals surface area contributed by atoms with E-state index in [4.69, 9.17) is 0 Å². The molecule has 3 nitrogen and oxygen atoms in total. The summed E-state index contributed by atoms with van der Waals surface area (Å²) in [5.41, 5.74) is 1.82. The summed E-state index contributed by atoms with van der Waals surface area (Å²) in [5.74, 6) is -0.0396. The number of hydrogen-bond acceptors (Lipinski definition) is 2. The van der Waals surface area contributed by atoms with Crippen LogP contribution in [0.4, 0.5) is 18.9 Å². The van der Waals surface area contributed by atoms with Gasteiger partial charge in [0.25, 0.3) is 0 Å². The molecule has 0 amide bonds. The number of nitrogens with one attached hydrogen (secondary N) is 1. The zero-order valence-corrected chi connectivity index (χ0v) is 10.9. The van der Waals surface area contributed by atoms with Gasteiger partial charge in [-0.3, -0.25) is 4.68 Å². The van der Waals surface area contributed by atoms with E-state index < -0.39 is 11.7 Å². The lowest BCUT2D eigenvalue weighted by molar-refractivity contribution is -0.137. The summed E-state index contributed by atoms with van der Waals surface area (Å²) in [4.78, 5) is 0. The summed E-state index contributed by atoms with van der Waals surface area (Å²) in [6, 6.07) is 3.89. The summed E-state index contributed by atoms with van der Waals surface area (Å²) in [7, 11) is 1.80. The summed E-state index contributed by atoms with van der Waals surface area (Å²) < 4.78 is 40.2. The molecule has 106 valence electrons. The topological polar surface area (TPSA) is 29.9 Å². The molecule has 0 fully saturated rings. The molecule has 1 aromatic heterocycles. The van der Waals surface area contributed by atoms with E-state index in [-0.39, 0.29) is 5.92 Å². The summed E-state index contributed by atoms with van der Waals surface area (Å²) in [6.07, 6.45) is 0.0338. The van der Waals surface area contributed by atoms with Crippen LogP contribution in [-0.4, -0.2) is 16.3 Å². The van der Waals surface area contributed by atoms with Crippen LogP contribution in [-0.2, 0) is 13.2 Å². The second-order valence-corrected chi connectivity index (χ2v) is 5.02. The van der Waals surface area contributed by atoms with Crippen LogP contribution in [0.5, 0.6) is 0 Å².